The minimum Gasteiger partial charge on any atom is -0.497 e. The van der Waals surface area contributed by atoms with Gasteiger partial charge in [-0.25, -0.2) is 0 Å². The van der Waals surface area contributed by atoms with Crippen LogP contribution in [0.15, 0.2) is 41.1 Å². The molecule has 0 saturated heterocycles. The number of furan rings is 1. The number of rotatable bonds is 1. The Morgan fingerprint density at radius 3 is 2.86 bits per heavy atom. The summed E-state index contributed by atoms with van der Waals surface area (Å²) in [4.78, 5) is 4.17. The predicted octanol–water partition coefficient (Wildman–Crippen LogP) is 3.56. The molecule has 22 heavy (non-hydrogen) atoms. The summed E-state index contributed by atoms with van der Waals surface area (Å²) in [7, 11) is 1.65. The highest BCUT2D eigenvalue weighted by molar-refractivity contribution is 5.84. The Hall–Kier alpha value is -2.33. The third kappa shape index (κ3) is 1.58. The van der Waals surface area contributed by atoms with E-state index in [1.807, 2.05) is 24.3 Å². The Morgan fingerprint density at radius 1 is 1.27 bits per heavy atom. The Morgan fingerprint density at radius 2 is 2.09 bits per heavy atom. The Balaban J connectivity index is 2.06. The van der Waals surface area contributed by atoms with Gasteiger partial charge in [-0.3, -0.25) is 4.98 Å². The molecule has 3 aromatic rings. The molecule has 1 atom stereocenters. The number of fused-ring (bicyclic) bond motifs is 4. The number of ether oxygens (including phenoxy) is 1. The van der Waals surface area contributed by atoms with E-state index in [0.29, 0.717) is 0 Å². The highest BCUT2D eigenvalue weighted by atomic mass is 16.5. The zero-order valence-electron chi connectivity index (χ0n) is 12.8. The van der Waals surface area contributed by atoms with Gasteiger partial charge in [0.25, 0.3) is 0 Å². The van der Waals surface area contributed by atoms with Crippen molar-refractivity contribution in [3.63, 3.8) is 0 Å². The fourth-order valence-electron chi connectivity index (χ4n) is 3.42. The SMILES string of the molecule is COc1ccc2c(c1)C(C)(C)c1oc3ccncc3c1C2O. The number of pyridine rings is 1. The van der Waals surface area contributed by atoms with Gasteiger partial charge in [0.15, 0.2) is 0 Å². The van der Waals surface area contributed by atoms with E-state index in [1.165, 1.54) is 0 Å². The lowest BCUT2D eigenvalue weighted by molar-refractivity contribution is 0.205. The van der Waals surface area contributed by atoms with Gasteiger partial charge in [-0.15, -0.1) is 0 Å². The minimum atomic E-state index is -0.714. The first-order chi connectivity index (χ1) is 10.5. The molecule has 112 valence electrons. The Bertz CT molecular complexity index is 879. The molecule has 4 heteroatoms. The van der Waals surface area contributed by atoms with Crippen LogP contribution in [0, 0.1) is 0 Å². The molecule has 1 aliphatic rings. The molecule has 1 N–H and O–H groups in total. The van der Waals surface area contributed by atoms with Crippen LogP contribution in [0.25, 0.3) is 11.0 Å². The van der Waals surface area contributed by atoms with Crippen molar-refractivity contribution in [3.8, 4) is 5.75 Å². The maximum atomic E-state index is 10.9. The van der Waals surface area contributed by atoms with Gasteiger partial charge >= 0.3 is 0 Å². The monoisotopic (exact) mass is 295 g/mol. The van der Waals surface area contributed by atoms with Crippen LogP contribution in [0.1, 0.15) is 42.4 Å². The van der Waals surface area contributed by atoms with Crippen LogP contribution in [0.3, 0.4) is 0 Å². The summed E-state index contributed by atoms with van der Waals surface area (Å²) >= 11 is 0. The van der Waals surface area contributed by atoms with E-state index in [1.54, 1.807) is 19.5 Å². The maximum Gasteiger partial charge on any atom is 0.137 e. The molecule has 1 aliphatic carbocycles. The van der Waals surface area contributed by atoms with Crippen LogP contribution in [-0.2, 0) is 5.41 Å². The highest BCUT2D eigenvalue weighted by Gasteiger charge is 2.41. The van der Waals surface area contributed by atoms with Gasteiger partial charge in [0, 0.05) is 28.8 Å². The summed E-state index contributed by atoms with van der Waals surface area (Å²) in [6.45, 7) is 4.21. The molecule has 0 bridgehead atoms. The summed E-state index contributed by atoms with van der Waals surface area (Å²) < 4.78 is 11.4. The van der Waals surface area contributed by atoms with E-state index in [4.69, 9.17) is 9.15 Å². The van der Waals surface area contributed by atoms with Crippen LogP contribution in [0.4, 0.5) is 0 Å². The van der Waals surface area contributed by atoms with Gasteiger partial charge in [-0.1, -0.05) is 6.07 Å². The summed E-state index contributed by atoms with van der Waals surface area (Å²) in [5.74, 6) is 1.57. The van der Waals surface area contributed by atoms with E-state index >= 15 is 0 Å². The summed E-state index contributed by atoms with van der Waals surface area (Å²) in [5.41, 5.74) is 3.15. The number of aromatic nitrogens is 1. The summed E-state index contributed by atoms with van der Waals surface area (Å²) in [6.07, 6.45) is 2.74. The summed E-state index contributed by atoms with van der Waals surface area (Å²) in [6, 6.07) is 7.62. The average Bonchev–Trinajstić information content (AvgIpc) is 2.93. The van der Waals surface area contributed by atoms with E-state index < -0.39 is 6.10 Å². The van der Waals surface area contributed by atoms with Crippen LogP contribution in [0.5, 0.6) is 5.75 Å². The van der Waals surface area contributed by atoms with Crippen LogP contribution >= 0.6 is 0 Å². The second-order valence-corrected chi connectivity index (χ2v) is 6.20. The first kappa shape index (κ1) is 13.3. The zero-order valence-corrected chi connectivity index (χ0v) is 12.8. The molecule has 0 amide bonds. The lowest BCUT2D eigenvalue weighted by Gasteiger charge is -2.34. The quantitative estimate of drug-likeness (QED) is 0.746. The lowest BCUT2D eigenvalue weighted by Crippen LogP contribution is -2.28. The van der Waals surface area contributed by atoms with Gasteiger partial charge in [0.2, 0.25) is 0 Å². The van der Waals surface area contributed by atoms with E-state index in [-0.39, 0.29) is 5.41 Å². The number of aliphatic hydroxyl groups is 1. The predicted molar refractivity (Wildman–Crippen MR) is 83.2 cm³/mol. The number of aliphatic hydroxyl groups excluding tert-OH is 1. The molecular formula is C18H17NO3. The molecular weight excluding hydrogens is 278 g/mol. The van der Waals surface area contributed by atoms with Crippen molar-refractivity contribution in [1.82, 2.24) is 4.98 Å². The van der Waals surface area contributed by atoms with Crippen molar-refractivity contribution in [2.45, 2.75) is 25.4 Å². The molecule has 0 radical (unpaired) electrons. The van der Waals surface area contributed by atoms with Gasteiger partial charge in [0.1, 0.15) is 23.2 Å². The van der Waals surface area contributed by atoms with Crippen LogP contribution in [-0.4, -0.2) is 17.2 Å². The number of nitrogens with zero attached hydrogens (tertiary/aromatic N) is 1. The molecule has 0 aliphatic heterocycles. The molecule has 4 nitrogen and oxygen atoms in total. The third-order valence-corrected chi connectivity index (χ3v) is 4.60. The second kappa shape index (κ2) is 4.34. The molecule has 0 fully saturated rings. The highest BCUT2D eigenvalue weighted by Crippen LogP contribution is 2.50. The van der Waals surface area contributed by atoms with Crippen molar-refractivity contribution in [2.75, 3.05) is 7.11 Å². The Kier molecular flexibility index (Phi) is 2.63. The van der Waals surface area contributed by atoms with Crippen molar-refractivity contribution in [3.05, 3.63) is 59.1 Å². The standard InChI is InChI=1S/C18H17NO3/c1-18(2)13-8-10(21-3)4-5-11(13)16(20)15-12-9-19-7-6-14(12)22-17(15)18/h4-9,16,20H,1-3H3. The van der Waals surface area contributed by atoms with Crippen LogP contribution in [0.2, 0.25) is 0 Å². The molecule has 2 aromatic heterocycles. The smallest absolute Gasteiger partial charge is 0.137 e. The van der Waals surface area contributed by atoms with Gasteiger partial charge < -0.3 is 14.3 Å². The Labute approximate surface area is 128 Å². The van der Waals surface area contributed by atoms with Crippen LogP contribution < -0.4 is 4.74 Å². The van der Waals surface area contributed by atoms with Gasteiger partial charge in [0.05, 0.1) is 7.11 Å². The van der Waals surface area contributed by atoms with Crippen molar-refractivity contribution in [1.29, 1.82) is 0 Å². The molecule has 1 unspecified atom stereocenters. The molecule has 1 aromatic carbocycles. The van der Waals surface area contributed by atoms with Crippen molar-refractivity contribution >= 4 is 11.0 Å². The number of methoxy groups -OCH3 is 1. The molecule has 0 spiro atoms. The summed E-state index contributed by atoms with van der Waals surface area (Å²) in [5, 5.41) is 11.7. The first-order valence-corrected chi connectivity index (χ1v) is 7.27. The van der Waals surface area contributed by atoms with Gasteiger partial charge in [-0.2, -0.15) is 0 Å². The maximum absolute atomic E-state index is 10.9. The van der Waals surface area contributed by atoms with E-state index in [0.717, 1.165) is 39.2 Å². The molecule has 4 rings (SSSR count). The van der Waals surface area contributed by atoms with Crippen molar-refractivity contribution < 1.29 is 14.3 Å². The third-order valence-electron chi connectivity index (χ3n) is 4.60. The van der Waals surface area contributed by atoms with Crippen molar-refractivity contribution in [2.24, 2.45) is 0 Å². The minimum absolute atomic E-state index is 0.350. The fraction of sp³-hybridized carbons (Fsp3) is 0.278. The first-order valence-electron chi connectivity index (χ1n) is 7.27. The average molecular weight is 295 g/mol. The second-order valence-electron chi connectivity index (χ2n) is 6.20. The molecule has 0 saturated carbocycles. The van der Waals surface area contributed by atoms with Gasteiger partial charge in [-0.05, 0) is 43.2 Å². The van der Waals surface area contributed by atoms with E-state index in [9.17, 15) is 5.11 Å². The number of benzene rings is 1. The van der Waals surface area contributed by atoms with E-state index in [2.05, 4.69) is 18.8 Å². The number of hydrogen-bond acceptors (Lipinski definition) is 4. The normalized spacial score (nSPS) is 18.8. The number of hydrogen-bond donors (Lipinski definition) is 1. The lowest BCUT2D eigenvalue weighted by atomic mass is 9.71. The topological polar surface area (TPSA) is 55.5 Å². The zero-order chi connectivity index (χ0) is 15.5. The largest absolute Gasteiger partial charge is 0.497 e. The fourth-order valence-corrected chi connectivity index (χ4v) is 3.42. The molecule has 2 heterocycles.